The zero-order chi connectivity index (χ0) is 11.5. The Balaban J connectivity index is 2.13. The fraction of sp³-hybridized carbons (Fsp3) is 0.455. The van der Waals surface area contributed by atoms with Crippen molar-refractivity contribution in [3.05, 3.63) is 23.8 Å². The Morgan fingerprint density at radius 3 is 2.94 bits per heavy atom. The SMILES string of the molecule is COc1ccc(C2OCC(CN)O2)cc1O. The van der Waals surface area contributed by atoms with Crippen molar-refractivity contribution in [1.29, 1.82) is 0 Å². The first-order chi connectivity index (χ1) is 7.74. The number of phenolic OH excluding ortho intramolecular Hbond substituents is 1. The van der Waals surface area contributed by atoms with Gasteiger partial charge in [-0.3, -0.25) is 0 Å². The predicted molar refractivity (Wildman–Crippen MR) is 57.3 cm³/mol. The van der Waals surface area contributed by atoms with E-state index in [0.717, 1.165) is 5.56 Å². The van der Waals surface area contributed by atoms with E-state index >= 15 is 0 Å². The number of hydrogen-bond acceptors (Lipinski definition) is 5. The molecule has 0 amide bonds. The molecule has 1 aliphatic rings. The fourth-order valence-electron chi connectivity index (χ4n) is 1.60. The molecule has 1 saturated heterocycles. The summed E-state index contributed by atoms with van der Waals surface area (Å²) in [4.78, 5) is 0. The highest BCUT2D eigenvalue weighted by Crippen LogP contribution is 2.33. The van der Waals surface area contributed by atoms with Crippen LogP contribution in [0.5, 0.6) is 11.5 Å². The van der Waals surface area contributed by atoms with E-state index in [1.807, 2.05) is 0 Å². The number of hydrogen-bond donors (Lipinski definition) is 2. The minimum atomic E-state index is -0.453. The number of aromatic hydroxyl groups is 1. The monoisotopic (exact) mass is 225 g/mol. The summed E-state index contributed by atoms with van der Waals surface area (Å²) >= 11 is 0. The van der Waals surface area contributed by atoms with Crippen LogP contribution in [-0.4, -0.2) is 31.5 Å². The van der Waals surface area contributed by atoms with Gasteiger partial charge in [-0.1, -0.05) is 6.07 Å². The van der Waals surface area contributed by atoms with Crippen molar-refractivity contribution in [3.8, 4) is 11.5 Å². The van der Waals surface area contributed by atoms with Crippen LogP contribution in [0.25, 0.3) is 0 Å². The van der Waals surface area contributed by atoms with Crippen LogP contribution in [0, 0.1) is 0 Å². The van der Waals surface area contributed by atoms with Gasteiger partial charge in [0.1, 0.15) is 0 Å². The van der Waals surface area contributed by atoms with Crippen LogP contribution in [0.4, 0.5) is 0 Å². The van der Waals surface area contributed by atoms with E-state index in [0.29, 0.717) is 18.9 Å². The normalized spacial score (nSPS) is 24.6. The summed E-state index contributed by atoms with van der Waals surface area (Å²) in [5.41, 5.74) is 6.23. The maximum absolute atomic E-state index is 9.61. The molecule has 0 spiro atoms. The second-order valence-electron chi connectivity index (χ2n) is 3.59. The molecule has 16 heavy (non-hydrogen) atoms. The number of ether oxygens (including phenoxy) is 3. The third-order valence-corrected chi connectivity index (χ3v) is 2.49. The topological polar surface area (TPSA) is 73.9 Å². The predicted octanol–water partition coefficient (Wildman–Crippen LogP) is 0.773. The van der Waals surface area contributed by atoms with Crippen LogP contribution < -0.4 is 10.5 Å². The Morgan fingerprint density at radius 2 is 2.38 bits per heavy atom. The Bertz CT molecular complexity index is 369. The van der Waals surface area contributed by atoms with Gasteiger partial charge in [0.05, 0.1) is 19.8 Å². The molecule has 1 aliphatic heterocycles. The highest BCUT2D eigenvalue weighted by atomic mass is 16.7. The summed E-state index contributed by atoms with van der Waals surface area (Å²) in [6.45, 7) is 0.909. The molecule has 1 aromatic rings. The summed E-state index contributed by atoms with van der Waals surface area (Å²) in [6, 6.07) is 5.04. The van der Waals surface area contributed by atoms with Crippen LogP contribution in [0.2, 0.25) is 0 Å². The number of methoxy groups -OCH3 is 1. The van der Waals surface area contributed by atoms with Gasteiger partial charge in [-0.05, 0) is 12.1 Å². The van der Waals surface area contributed by atoms with E-state index in [9.17, 15) is 5.11 Å². The van der Waals surface area contributed by atoms with Crippen LogP contribution in [-0.2, 0) is 9.47 Å². The second-order valence-corrected chi connectivity index (χ2v) is 3.59. The first-order valence-corrected chi connectivity index (χ1v) is 5.08. The minimum Gasteiger partial charge on any atom is -0.504 e. The molecular weight excluding hydrogens is 210 g/mol. The molecule has 3 N–H and O–H groups in total. The molecule has 5 nitrogen and oxygen atoms in total. The zero-order valence-electron chi connectivity index (χ0n) is 9.05. The lowest BCUT2D eigenvalue weighted by Gasteiger charge is -2.12. The molecule has 2 rings (SSSR count). The largest absolute Gasteiger partial charge is 0.504 e. The molecule has 88 valence electrons. The molecular formula is C11H15NO4. The van der Waals surface area contributed by atoms with Gasteiger partial charge in [0, 0.05) is 12.1 Å². The average Bonchev–Trinajstić information content (AvgIpc) is 2.77. The highest BCUT2D eigenvalue weighted by molar-refractivity contribution is 5.42. The molecule has 1 aromatic carbocycles. The van der Waals surface area contributed by atoms with E-state index in [1.54, 1.807) is 18.2 Å². The van der Waals surface area contributed by atoms with Gasteiger partial charge in [-0.25, -0.2) is 0 Å². The third-order valence-electron chi connectivity index (χ3n) is 2.49. The van der Waals surface area contributed by atoms with E-state index in [2.05, 4.69) is 0 Å². The fourth-order valence-corrected chi connectivity index (χ4v) is 1.60. The van der Waals surface area contributed by atoms with Crippen LogP contribution in [0.1, 0.15) is 11.9 Å². The molecule has 0 aliphatic carbocycles. The van der Waals surface area contributed by atoms with Gasteiger partial charge in [0.15, 0.2) is 17.8 Å². The van der Waals surface area contributed by atoms with Gasteiger partial charge in [-0.2, -0.15) is 0 Å². The Morgan fingerprint density at radius 1 is 1.56 bits per heavy atom. The first-order valence-electron chi connectivity index (χ1n) is 5.08. The Kier molecular flexibility index (Phi) is 3.28. The summed E-state index contributed by atoms with van der Waals surface area (Å²) in [7, 11) is 1.50. The maximum atomic E-state index is 9.61. The maximum Gasteiger partial charge on any atom is 0.184 e. The first kappa shape index (κ1) is 11.2. The van der Waals surface area contributed by atoms with Gasteiger partial charge < -0.3 is 25.1 Å². The molecule has 5 heteroatoms. The van der Waals surface area contributed by atoms with Crippen molar-refractivity contribution in [2.45, 2.75) is 12.4 Å². The van der Waals surface area contributed by atoms with Crippen molar-refractivity contribution in [3.63, 3.8) is 0 Å². The van der Waals surface area contributed by atoms with E-state index in [1.165, 1.54) is 7.11 Å². The van der Waals surface area contributed by atoms with Gasteiger partial charge in [-0.15, -0.1) is 0 Å². The highest BCUT2D eigenvalue weighted by Gasteiger charge is 2.26. The van der Waals surface area contributed by atoms with Crippen LogP contribution in [0.3, 0.4) is 0 Å². The van der Waals surface area contributed by atoms with Crippen LogP contribution in [0.15, 0.2) is 18.2 Å². The third kappa shape index (κ3) is 2.11. The van der Waals surface area contributed by atoms with Gasteiger partial charge in [0.25, 0.3) is 0 Å². The molecule has 2 atom stereocenters. The van der Waals surface area contributed by atoms with Gasteiger partial charge in [0.2, 0.25) is 0 Å². The quantitative estimate of drug-likeness (QED) is 0.795. The summed E-state index contributed by atoms with van der Waals surface area (Å²) in [5, 5.41) is 9.61. The number of phenols is 1. The number of rotatable bonds is 3. The van der Waals surface area contributed by atoms with Crippen LogP contribution >= 0.6 is 0 Å². The minimum absolute atomic E-state index is 0.0726. The van der Waals surface area contributed by atoms with Gasteiger partial charge >= 0.3 is 0 Å². The lowest BCUT2D eigenvalue weighted by atomic mass is 10.2. The lowest BCUT2D eigenvalue weighted by molar-refractivity contribution is -0.0586. The number of nitrogens with two attached hydrogens (primary N) is 1. The second kappa shape index (κ2) is 4.69. The molecule has 0 bridgehead atoms. The Labute approximate surface area is 93.7 Å². The molecule has 0 aromatic heterocycles. The molecule has 0 saturated carbocycles. The van der Waals surface area contributed by atoms with Crippen molar-refractivity contribution >= 4 is 0 Å². The van der Waals surface area contributed by atoms with Crippen molar-refractivity contribution in [2.24, 2.45) is 5.73 Å². The molecule has 1 heterocycles. The number of benzene rings is 1. The zero-order valence-corrected chi connectivity index (χ0v) is 9.05. The summed E-state index contributed by atoms with van der Waals surface area (Å²) < 4.78 is 15.9. The summed E-state index contributed by atoms with van der Waals surface area (Å²) in [6.07, 6.45) is -0.528. The molecule has 1 fully saturated rings. The van der Waals surface area contributed by atoms with E-state index in [-0.39, 0.29) is 11.9 Å². The van der Waals surface area contributed by atoms with Crippen molar-refractivity contribution in [1.82, 2.24) is 0 Å². The van der Waals surface area contributed by atoms with Crippen molar-refractivity contribution in [2.75, 3.05) is 20.3 Å². The summed E-state index contributed by atoms with van der Waals surface area (Å²) in [5.74, 6) is 0.500. The standard InChI is InChI=1S/C11H15NO4/c1-14-10-3-2-7(4-9(10)13)11-15-6-8(5-12)16-11/h2-4,8,11,13H,5-6,12H2,1H3. The smallest absolute Gasteiger partial charge is 0.184 e. The van der Waals surface area contributed by atoms with E-state index in [4.69, 9.17) is 19.9 Å². The average molecular weight is 225 g/mol. The molecule has 2 unspecified atom stereocenters. The van der Waals surface area contributed by atoms with E-state index < -0.39 is 6.29 Å². The Hall–Kier alpha value is -1.30. The lowest BCUT2D eigenvalue weighted by Crippen LogP contribution is -2.21. The molecule has 0 radical (unpaired) electrons. The van der Waals surface area contributed by atoms with Crippen molar-refractivity contribution < 1.29 is 19.3 Å².